The van der Waals surface area contributed by atoms with E-state index in [9.17, 15) is 4.79 Å². The fourth-order valence-electron chi connectivity index (χ4n) is 1.99. The third-order valence-electron chi connectivity index (χ3n) is 2.91. The molecule has 84 valence electrons. The molecule has 4 heteroatoms. The van der Waals surface area contributed by atoms with Gasteiger partial charge in [-0.1, -0.05) is 17.7 Å². The molecule has 2 rings (SSSR count). The molecule has 0 aliphatic rings. The zero-order valence-electron chi connectivity index (χ0n) is 9.12. The zero-order chi connectivity index (χ0) is 11.9. The highest BCUT2D eigenvalue weighted by Gasteiger charge is 2.14. The molecule has 0 amide bonds. The summed E-state index contributed by atoms with van der Waals surface area (Å²) in [5.74, 6) is -0.814. The van der Waals surface area contributed by atoms with Gasteiger partial charge in [0.1, 0.15) is 0 Å². The third-order valence-corrected chi connectivity index (χ3v) is 3.15. The van der Waals surface area contributed by atoms with Crippen molar-refractivity contribution >= 4 is 28.5 Å². The first-order valence-electron chi connectivity index (χ1n) is 4.96. The van der Waals surface area contributed by atoms with E-state index < -0.39 is 5.97 Å². The Kier molecular flexibility index (Phi) is 2.64. The van der Waals surface area contributed by atoms with E-state index in [2.05, 4.69) is 0 Å². The maximum absolute atomic E-state index is 10.8. The highest BCUT2D eigenvalue weighted by Crippen LogP contribution is 2.27. The van der Waals surface area contributed by atoms with Gasteiger partial charge in [0.2, 0.25) is 0 Å². The molecule has 0 radical (unpaired) electrons. The van der Waals surface area contributed by atoms with Crippen LogP contribution >= 0.6 is 11.6 Å². The summed E-state index contributed by atoms with van der Waals surface area (Å²) < 4.78 is 1.97. The number of carboxylic acids is 1. The number of aliphatic carboxylic acids is 1. The molecule has 1 aromatic heterocycles. The molecule has 0 atom stereocenters. The summed E-state index contributed by atoms with van der Waals surface area (Å²) in [6.07, 6.45) is 0.0464. The monoisotopic (exact) mass is 237 g/mol. The van der Waals surface area contributed by atoms with Crippen molar-refractivity contribution in [2.75, 3.05) is 0 Å². The van der Waals surface area contributed by atoms with Crippen LogP contribution < -0.4 is 0 Å². The molecule has 0 saturated heterocycles. The number of hydrogen-bond acceptors (Lipinski definition) is 1. The lowest BCUT2D eigenvalue weighted by Gasteiger charge is -1.98. The predicted molar refractivity (Wildman–Crippen MR) is 64.0 cm³/mol. The van der Waals surface area contributed by atoms with Crippen molar-refractivity contribution in [3.05, 3.63) is 34.5 Å². The van der Waals surface area contributed by atoms with E-state index in [1.807, 2.05) is 30.7 Å². The second kappa shape index (κ2) is 3.83. The van der Waals surface area contributed by atoms with Crippen LogP contribution in [0.1, 0.15) is 11.3 Å². The fraction of sp³-hybridized carbons (Fsp3) is 0.250. The number of halogens is 1. The highest BCUT2D eigenvalue weighted by atomic mass is 35.5. The lowest BCUT2D eigenvalue weighted by Crippen LogP contribution is -2.01. The van der Waals surface area contributed by atoms with Crippen molar-refractivity contribution < 1.29 is 9.90 Å². The summed E-state index contributed by atoms with van der Waals surface area (Å²) in [6, 6.07) is 5.52. The summed E-state index contributed by atoms with van der Waals surface area (Å²) in [7, 11) is 1.92. The van der Waals surface area contributed by atoms with Crippen molar-refractivity contribution in [2.45, 2.75) is 13.3 Å². The third kappa shape index (κ3) is 1.67. The van der Waals surface area contributed by atoms with Gasteiger partial charge in [-0.3, -0.25) is 4.79 Å². The van der Waals surface area contributed by atoms with Crippen LogP contribution in [-0.2, 0) is 18.3 Å². The van der Waals surface area contributed by atoms with Gasteiger partial charge in [0.05, 0.1) is 6.42 Å². The van der Waals surface area contributed by atoms with Crippen molar-refractivity contribution in [3.63, 3.8) is 0 Å². The highest BCUT2D eigenvalue weighted by molar-refractivity contribution is 6.31. The summed E-state index contributed by atoms with van der Waals surface area (Å²) in [5.41, 5.74) is 2.81. The molecule has 0 unspecified atom stereocenters. The second-order valence-electron chi connectivity index (χ2n) is 3.85. The van der Waals surface area contributed by atoms with Gasteiger partial charge in [-0.25, -0.2) is 0 Å². The van der Waals surface area contributed by atoms with E-state index in [1.54, 1.807) is 6.07 Å². The Morgan fingerprint density at radius 3 is 2.81 bits per heavy atom. The largest absolute Gasteiger partial charge is 0.481 e. The Bertz CT molecular complexity index is 572. The lowest BCUT2D eigenvalue weighted by atomic mass is 10.1. The van der Waals surface area contributed by atoms with Crippen LogP contribution in [0.3, 0.4) is 0 Å². The molecule has 0 saturated carbocycles. The van der Waals surface area contributed by atoms with E-state index in [0.717, 1.165) is 22.2 Å². The van der Waals surface area contributed by atoms with Crippen LogP contribution in [0.25, 0.3) is 10.9 Å². The first-order chi connectivity index (χ1) is 7.50. The number of nitrogens with zero attached hydrogens (tertiary/aromatic N) is 1. The van der Waals surface area contributed by atoms with Crippen molar-refractivity contribution in [1.82, 2.24) is 4.57 Å². The normalized spacial score (nSPS) is 10.9. The Morgan fingerprint density at radius 1 is 1.50 bits per heavy atom. The summed E-state index contributed by atoms with van der Waals surface area (Å²) >= 11 is 5.93. The average Bonchev–Trinajstić information content (AvgIpc) is 2.43. The molecule has 1 aromatic carbocycles. The van der Waals surface area contributed by atoms with Gasteiger partial charge >= 0.3 is 5.97 Å². The number of benzene rings is 1. The summed E-state index contributed by atoms with van der Waals surface area (Å²) in [6.45, 7) is 1.92. The van der Waals surface area contributed by atoms with E-state index in [4.69, 9.17) is 16.7 Å². The quantitative estimate of drug-likeness (QED) is 0.873. The van der Waals surface area contributed by atoms with Crippen LogP contribution in [0.5, 0.6) is 0 Å². The first-order valence-corrected chi connectivity index (χ1v) is 5.33. The topological polar surface area (TPSA) is 42.2 Å². The van der Waals surface area contributed by atoms with Gasteiger partial charge in [0.25, 0.3) is 0 Å². The zero-order valence-corrected chi connectivity index (χ0v) is 9.88. The van der Waals surface area contributed by atoms with Crippen LogP contribution in [0.4, 0.5) is 0 Å². The Balaban J connectivity index is 2.73. The van der Waals surface area contributed by atoms with Crippen LogP contribution in [0.15, 0.2) is 18.2 Å². The standard InChI is InChI=1S/C12H12ClNO2/c1-7-10(6-12(15)16)9-4-3-8(13)5-11(9)14(7)2/h3-5H,6H2,1-2H3,(H,15,16). The molecular formula is C12H12ClNO2. The number of aryl methyl sites for hydroxylation is 1. The second-order valence-corrected chi connectivity index (χ2v) is 4.29. The molecule has 0 spiro atoms. The van der Waals surface area contributed by atoms with E-state index in [-0.39, 0.29) is 6.42 Å². The van der Waals surface area contributed by atoms with Crippen LogP contribution in [-0.4, -0.2) is 15.6 Å². The Morgan fingerprint density at radius 2 is 2.19 bits per heavy atom. The minimum absolute atomic E-state index is 0.0464. The van der Waals surface area contributed by atoms with Gasteiger partial charge in [0, 0.05) is 28.7 Å². The lowest BCUT2D eigenvalue weighted by molar-refractivity contribution is -0.136. The maximum Gasteiger partial charge on any atom is 0.307 e. The van der Waals surface area contributed by atoms with E-state index in [1.165, 1.54) is 0 Å². The number of hydrogen-bond donors (Lipinski definition) is 1. The molecule has 0 fully saturated rings. The minimum Gasteiger partial charge on any atom is -0.481 e. The molecular weight excluding hydrogens is 226 g/mol. The molecule has 0 aliphatic heterocycles. The SMILES string of the molecule is Cc1c(CC(=O)O)c2ccc(Cl)cc2n1C. The van der Waals surface area contributed by atoms with Gasteiger partial charge in [-0.15, -0.1) is 0 Å². The molecule has 16 heavy (non-hydrogen) atoms. The summed E-state index contributed by atoms with van der Waals surface area (Å²) in [5, 5.41) is 10.5. The predicted octanol–water partition coefficient (Wildman–Crippen LogP) is 2.77. The number of fused-ring (bicyclic) bond motifs is 1. The molecule has 0 bridgehead atoms. The molecule has 3 nitrogen and oxygen atoms in total. The minimum atomic E-state index is -0.814. The first kappa shape index (κ1) is 11.0. The van der Waals surface area contributed by atoms with Gasteiger partial charge in [-0.2, -0.15) is 0 Å². The average molecular weight is 238 g/mol. The maximum atomic E-state index is 10.8. The van der Waals surface area contributed by atoms with E-state index >= 15 is 0 Å². The molecule has 1 N–H and O–H groups in total. The number of carboxylic acid groups (broad SMARTS) is 1. The number of aromatic nitrogens is 1. The van der Waals surface area contributed by atoms with Crippen molar-refractivity contribution in [2.24, 2.45) is 7.05 Å². The molecule has 1 heterocycles. The molecule has 2 aromatic rings. The Hall–Kier alpha value is -1.48. The van der Waals surface area contributed by atoms with Gasteiger partial charge in [-0.05, 0) is 24.6 Å². The Labute approximate surface area is 98.3 Å². The van der Waals surface area contributed by atoms with Gasteiger partial charge in [0.15, 0.2) is 0 Å². The summed E-state index contributed by atoms with van der Waals surface area (Å²) in [4.78, 5) is 10.8. The fourth-order valence-corrected chi connectivity index (χ4v) is 2.16. The van der Waals surface area contributed by atoms with Crippen molar-refractivity contribution in [1.29, 1.82) is 0 Å². The van der Waals surface area contributed by atoms with E-state index in [0.29, 0.717) is 5.02 Å². The van der Waals surface area contributed by atoms with Crippen LogP contribution in [0, 0.1) is 6.92 Å². The van der Waals surface area contributed by atoms with Crippen molar-refractivity contribution in [3.8, 4) is 0 Å². The van der Waals surface area contributed by atoms with Crippen LogP contribution in [0.2, 0.25) is 5.02 Å². The molecule has 0 aliphatic carbocycles. The smallest absolute Gasteiger partial charge is 0.307 e. The number of carbonyl (C=O) groups is 1. The van der Waals surface area contributed by atoms with Gasteiger partial charge < -0.3 is 9.67 Å². The number of rotatable bonds is 2.